The Hall–Kier alpha value is -1.44. The first-order valence-corrected chi connectivity index (χ1v) is 8.59. The fourth-order valence-corrected chi connectivity index (χ4v) is 3.49. The van der Waals surface area contributed by atoms with Crippen molar-refractivity contribution in [3.63, 3.8) is 0 Å². The van der Waals surface area contributed by atoms with Gasteiger partial charge in [-0.05, 0) is 24.6 Å². The van der Waals surface area contributed by atoms with Gasteiger partial charge in [0, 0.05) is 42.3 Å². The normalized spacial score (nSPS) is 27.5. The molecule has 2 aliphatic heterocycles. The number of hydrogen-bond acceptors (Lipinski definition) is 4. The Morgan fingerprint density at radius 1 is 1.43 bits per heavy atom. The van der Waals surface area contributed by atoms with Crippen LogP contribution in [-0.4, -0.2) is 49.2 Å². The maximum absolute atomic E-state index is 12.5. The van der Waals surface area contributed by atoms with Crippen molar-refractivity contribution in [2.24, 2.45) is 11.8 Å². The van der Waals surface area contributed by atoms with Gasteiger partial charge in [0.15, 0.2) is 0 Å². The molecule has 7 heteroatoms. The number of rotatable bonds is 4. The Labute approximate surface area is 143 Å². The summed E-state index contributed by atoms with van der Waals surface area (Å²) in [5, 5.41) is 15.6. The van der Waals surface area contributed by atoms with E-state index in [1.165, 1.54) is 0 Å². The molecule has 0 radical (unpaired) electrons. The third-order valence-corrected chi connectivity index (χ3v) is 4.98. The summed E-state index contributed by atoms with van der Waals surface area (Å²) in [6.45, 7) is 2.18. The molecule has 2 amide bonds. The maximum atomic E-state index is 12.5. The fourth-order valence-electron chi connectivity index (χ4n) is 3.11. The third-order valence-electron chi connectivity index (χ3n) is 4.48. The second-order valence-electron chi connectivity index (χ2n) is 6.04. The lowest BCUT2D eigenvalue weighted by molar-refractivity contribution is -0.132. The molecule has 124 valence electrons. The van der Waals surface area contributed by atoms with E-state index in [0.717, 1.165) is 10.2 Å². The van der Waals surface area contributed by atoms with Crippen LogP contribution in [0, 0.1) is 11.8 Å². The summed E-state index contributed by atoms with van der Waals surface area (Å²) in [6, 6.07) is 7.51. The average molecular weight is 382 g/mol. The molecule has 23 heavy (non-hydrogen) atoms. The number of hydrogen-bond donors (Lipinski definition) is 3. The second-order valence-corrected chi connectivity index (χ2v) is 6.96. The van der Waals surface area contributed by atoms with E-state index in [1.807, 2.05) is 24.3 Å². The largest absolute Gasteiger partial charge is 0.391 e. The first kappa shape index (κ1) is 16.4. The van der Waals surface area contributed by atoms with E-state index in [9.17, 15) is 14.7 Å². The molecule has 0 saturated carbocycles. The highest BCUT2D eigenvalue weighted by atomic mass is 79.9. The van der Waals surface area contributed by atoms with Crippen LogP contribution in [0.15, 0.2) is 28.7 Å². The average Bonchev–Trinajstić information content (AvgIpc) is 3.11. The quantitative estimate of drug-likeness (QED) is 0.663. The van der Waals surface area contributed by atoms with Gasteiger partial charge < -0.3 is 20.6 Å². The van der Waals surface area contributed by atoms with Crippen LogP contribution in [0.5, 0.6) is 0 Å². The lowest BCUT2D eigenvalue weighted by Crippen LogP contribution is -2.40. The minimum absolute atomic E-state index is 0.0108. The van der Waals surface area contributed by atoms with Crippen molar-refractivity contribution in [2.45, 2.75) is 12.5 Å². The van der Waals surface area contributed by atoms with Gasteiger partial charge in [0.05, 0.1) is 6.10 Å². The number of amides is 2. The number of halogens is 1. The second kappa shape index (κ2) is 6.98. The van der Waals surface area contributed by atoms with Crippen molar-refractivity contribution in [3.8, 4) is 0 Å². The SMILES string of the molecule is O=C(NCC1CNCC1O)C1CCN(c2cccc(Br)c2)C1=O. The summed E-state index contributed by atoms with van der Waals surface area (Å²) in [5.74, 6) is -1.03. The van der Waals surface area contributed by atoms with Crippen LogP contribution >= 0.6 is 15.9 Å². The fraction of sp³-hybridized carbons (Fsp3) is 0.500. The van der Waals surface area contributed by atoms with Gasteiger partial charge in [0.2, 0.25) is 11.8 Å². The number of carbonyl (C=O) groups is 2. The van der Waals surface area contributed by atoms with E-state index in [4.69, 9.17) is 0 Å². The number of carbonyl (C=O) groups excluding carboxylic acids is 2. The van der Waals surface area contributed by atoms with Gasteiger partial charge in [-0.2, -0.15) is 0 Å². The van der Waals surface area contributed by atoms with Crippen molar-refractivity contribution in [3.05, 3.63) is 28.7 Å². The Balaban J connectivity index is 1.59. The van der Waals surface area contributed by atoms with Crippen LogP contribution in [0.4, 0.5) is 5.69 Å². The first-order chi connectivity index (χ1) is 11.1. The number of benzene rings is 1. The molecular weight excluding hydrogens is 362 g/mol. The monoisotopic (exact) mass is 381 g/mol. The Kier molecular flexibility index (Phi) is 4.99. The zero-order chi connectivity index (χ0) is 16.4. The van der Waals surface area contributed by atoms with E-state index in [-0.39, 0.29) is 17.7 Å². The van der Waals surface area contributed by atoms with Crippen LogP contribution in [0.3, 0.4) is 0 Å². The van der Waals surface area contributed by atoms with Crippen molar-refractivity contribution in [2.75, 3.05) is 31.1 Å². The molecule has 2 saturated heterocycles. The molecule has 1 aromatic carbocycles. The number of nitrogens with zero attached hydrogens (tertiary/aromatic N) is 1. The minimum Gasteiger partial charge on any atom is -0.391 e. The van der Waals surface area contributed by atoms with E-state index < -0.39 is 12.0 Å². The van der Waals surface area contributed by atoms with Gasteiger partial charge in [-0.1, -0.05) is 22.0 Å². The molecule has 1 aromatic rings. The number of β-amino-alcohol motifs (C(OH)–C–C–N with tert-alkyl or cyclic N) is 1. The van der Waals surface area contributed by atoms with Crippen LogP contribution < -0.4 is 15.5 Å². The zero-order valence-electron chi connectivity index (χ0n) is 12.7. The van der Waals surface area contributed by atoms with Gasteiger partial charge in [-0.3, -0.25) is 9.59 Å². The van der Waals surface area contributed by atoms with Crippen molar-refractivity contribution in [1.29, 1.82) is 0 Å². The van der Waals surface area contributed by atoms with Gasteiger partial charge >= 0.3 is 0 Å². The highest BCUT2D eigenvalue weighted by molar-refractivity contribution is 9.10. The highest BCUT2D eigenvalue weighted by Crippen LogP contribution is 2.27. The molecule has 3 atom stereocenters. The molecule has 3 N–H and O–H groups in total. The van der Waals surface area contributed by atoms with Gasteiger partial charge in [-0.25, -0.2) is 0 Å². The summed E-state index contributed by atoms with van der Waals surface area (Å²) in [5.41, 5.74) is 0.801. The van der Waals surface area contributed by atoms with Crippen LogP contribution in [0.1, 0.15) is 6.42 Å². The molecule has 2 fully saturated rings. The molecule has 0 aromatic heterocycles. The minimum atomic E-state index is -0.638. The van der Waals surface area contributed by atoms with Crippen LogP contribution in [0.25, 0.3) is 0 Å². The van der Waals surface area contributed by atoms with Gasteiger partial charge in [0.1, 0.15) is 5.92 Å². The Bertz CT molecular complexity index is 610. The molecular formula is C16H20BrN3O3. The number of nitrogens with one attached hydrogen (secondary N) is 2. The molecule has 3 unspecified atom stereocenters. The van der Waals surface area contributed by atoms with E-state index in [1.54, 1.807) is 4.90 Å². The first-order valence-electron chi connectivity index (χ1n) is 7.79. The molecule has 0 bridgehead atoms. The molecule has 3 rings (SSSR count). The van der Waals surface area contributed by atoms with E-state index in [0.29, 0.717) is 32.6 Å². The van der Waals surface area contributed by atoms with E-state index >= 15 is 0 Å². The molecule has 6 nitrogen and oxygen atoms in total. The van der Waals surface area contributed by atoms with Crippen molar-refractivity contribution >= 4 is 33.4 Å². The predicted molar refractivity (Wildman–Crippen MR) is 90.0 cm³/mol. The lowest BCUT2D eigenvalue weighted by atomic mass is 10.0. The summed E-state index contributed by atoms with van der Waals surface area (Å²) < 4.78 is 0.901. The number of anilines is 1. The Morgan fingerprint density at radius 3 is 2.96 bits per heavy atom. The highest BCUT2D eigenvalue weighted by Gasteiger charge is 2.38. The summed E-state index contributed by atoms with van der Waals surface area (Å²) in [7, 11) is 0. The standard InChI is InChI=1S/C16H20BrN3O3/c17-11-2-1-3-12(6-11)20-5-4-13(16(20)23)15(22)19-8-10-7-18-9-14(10)21/h1-3,6,10,13-14,18,21H,4-5,7-9H2,(H,19,22). The zero-order valence-corrected chi connectivity index (χ0v) is 14.3. The lowest BCUT2D eigenvalue weighted by Gasteiger charge is -2.18. The van der Waals surface area contributed by atoms with Gasteiger partial charge in [-0.15, -0.1) is 0 Å². The molecule has 0 aliphatic carbocycles. The summed E-state index contributed by atoms with van der Waals surface area (Å²) >= 11 is 3.39. The molecule has 2 heterocycles. The molecule has 0 spiro atoms. The van der Waals surface area contributed by atoms with Gasteiger partial charge in [0.25, 0.3) is 0 Å². The predicted octanol–water partition coefficient (Wildman–Crippen LogP) is 0.498. The summed E-state index contributed by atoms with van der Waals surface area (Å²) in [4.78, 5) is 26.5. The van der Waals surface area contributed by atoms with Crippen LogP contribution in [-0.2, 0) is 9.59 Å². The third kappa shape index (κ3) is 3.57. The van der Waals surface area contributed by atoms with E-state index in [2.05, 4.69) is 26.6 Å². The van der Waals surface area contributed by atoms with Crippen LogP contribution in [0.2, 0.25) is 0 Å². The van der Waals surface area contributed by atoms with Crippen molar-refractivity contribution < 1.29 is 14.7 Å². The topological polar surface area (TPSA) is 81.7 Å². The van der Waals surface area contributed by atoms with Crippen molar-refractivity contribution in [1.82, 2.24) is 10.6 Å². The number of aliphatic hydroxyl groups is 1. The molecule has 2 aliphatic rings. The number of aliphatic hydroxyl groups excluding tert-OH is 1. The smallest absolute Gasteiger partial charge is 0.239 e. The summed E-state index contributed by atoms with van der Waals surface area (Å²) in [6.07, 6.45) is 0.0792. The Morgan fingerprint density at radius 2 is 2.26 bits per heavy atom. The maximum Gasteiger partial charge on any atom is 0.239 e.